The molecule has 0 aliphatic rings. The maximum absolute atomic E-state index is 12.5. The second kappa shape index (κ2) is 11.2. The minimum atomic E-state index is -3.78. The Bertz CT molecular complexity index is 1380. The maximum atomic E-state index is 12.5. The van der Waals surface area contributed by atoms with E-state index in [1.807, 2.05) is 0 Å². The van der Waals surface area contributed by atoms with E-state index in [2.05, 4.69) is 26.0 Å². The lowest BCUT2D eigenvalue weighted by molar-refractivity contribution is -0.118. The van der Waals surface area contributed by atoms with Crippen molar-refractivity contribution in [2.75, 3.05) is 29.9 Å². The van der Waals surface area contributed by atoms with Gasteiger partial charge in [0, 0.05) is 29.4 Å². The van der Waals surface area contributed by atoms with E-state index in [4.69, 9.17) is 4.74 Å². The zero-order chi connectivity index (χ0) is 25.6. The highest BCUT2D eigenvalue weighted by atomic mass is 79.9. The lowest BCUT2D eigenvalue weighted by Gasteiger charge is -2.14. The lowest BCUT2D eigenvalue weighted by Crippen LogP contribution is -2.24. The summed E-state index contributed by atoms with van der Waals surface area (Å²) in [5.41, 5.74) is 1.62. The molecular formula is C23H24BrN3O6S2. The molecule has 1 amide bonds. The zero-order valence-corrected chi connectivity index (χ0v) is 22.2. The number of ether oxygens (including phenoxy) is 1. The van der Waals surface area contributed by atoms with E-state index in [1.165, 1.54) is 35.6 Å². The molecule has 0 aromatic heterocycles. The van der Waals surface area contributed by atoms with Gasteiger partial charge in [0.15, 0.2) is 6.61 Å². The van der Waals surface area contributed by atoms with Crippen molar-refractivity contribution in [1.82, 2.24) is 4.31 Å². The number of anilines is 2. The normalized spacial score (nSPS) is 11.8. The Kier molecular flexibility index (Phi) is 8.54. The molecule has 0 spiro atoms. The molecule has 0 heterocycles. The molecule has 9 nitrogen and oxygen atoms in total. The molecule has 3 aromatic carbocycles. The number of carbonyl (C=O) groups is 1. The van der Waals surface area contributed by atoms with Crippen LogP contribution < -0.4 is 14.8 Å². The smallest absolute Gasteiger partial charge is 0.262 e. The van der Waals surface area contributed by atoms with Crippen LogP contribution in [0.25, 0.3) is 0 Å². The van der Waals surface area contributed by atoms with Gasteiger partial charge < -0.3 is 10.1 Å². The van der Waals surface area contributed by atoms with Crippen molar-refractivity contribution < 1.29 is 26.4 Å². The predicted molar refractivity (Wildman–Crippen MR) is 138 cm³/mol. The van der Waals surface area contributed by atoms with E-state index in [1.54, 1.807) is 48.5 Å². The van der Waals surface area contributed by atoms with Gasteiger partial charge in [0.2, 0.25) is 10.0 Å². The van der Waals surface area contributed by atoms with Crippen LogP contribution in [0.1, 0.15) is 5.56 Å². The largest absolute Gasteiger partial charge is 0.484 e. The Morgan fingerprint density at radius 3 is 2.03 bits per heavy atom. The van der Waals surface area contributed by atoms with Crippen molar-refractivity contribution in [3.05, 3.63) is 82.8 Å². The fourth-order valence-corrected chi connectivity index (χ4v) is 4.57. The Hall–Kier alpha value is -2.93. The molecule has 0 fully saturated rings. The van der Waals surface area contributed by atoms with E-state index < -0.39 is 26.0 Å². The number of carbonyl (C=O) groups excluding carboxylic acids is 1. The number of benzene rings is 3. The standard InChI is InChI=1S/C23H24BrN3O6S2/c1-27(34(2,29)30)15-17-3-11-21(12-4-17)33-16-23(28)25-19-9-13-22(14-10-19)35(31,32)26-20-7-5-18(24)6-8-20/h3-14,26H,15-16H2,1-2H3,(H,25,28). The van der Waals surface area contributed by atoms with Crippen molar-refractivity contribution in [3.63, 3.8) is 0 Å². The Morgan fingerprint density at radius 2 is 1.46 bits per heavy atom. The average Bonchev–Trinajstić information content (AvgIpc) is 2.80. The summed E-state index contributed by atoms with van der Waals surface area (Å²) >= 11 is 3.30. The first kappa shape index (κ1) is 26.7. The number of sulfonamides is 2. The van der Waals surface area contributed by atoms with Gasteiger partial charge in [-0.2, -0.15) is 0 Å². The van der Waals surface area contributed by atoms with Gasteiger partial charge in [0.05, 0.1) is 11.2 Å². The Labute approximate surface area is 213 Å². The maximum Gasteiger partial charge on any atom is 0.262 e. The molecule has 0 atom stereocenters. The molecule has 35 heavy (non-hydrogen) atoms. The van der Waals surface area contributed by atoms with Crippen LogP contribution >= 0.6 is 15.9 Å². The monoisotopic (exact) mass is 581 g/mol. The highest BCUT2D eigenvalue weighted by Gasteiger charge is 2.15. The van der Waals surface area contributed by atoms with Crippen molar-refractivity contribution in [3.8, 4) is 5.75 Å². The summed E-state index contributed by atoms with van der Waals surface area (Å²) in [5, 5.41) is 2.64. The SMILES string of the molecule is CN(Cc1ccc(OCC(=O)Nc2ccc(S(=O)(=O)Nc3ccc(Br)cc3)cc2)cc1)S(C)(=O)=O. The third-order valence-corrected chi connectivity index (χ3v) is 8.00. The first-order valence-corrected chi connectivity index (χ1v) is 14.4. The Balaban J connectivity index is 1.52. The first-order valence-electron chi connectivity index (χ1n) is 10.2. The minimum absolute atomic E-state index is 0.0521. The number of hydrogen-bond acceptors (Lipinski definition) is 6. The van der Waals surface area contributed by atoms with Crippen LogP contribution in [0.4, 0.5) is 11.4 Å². The van der Waals surface area contributed by atoms with E-state index in [0.717, 1.165) is 16.3 Å². The van der Waals surface area contributed by atoms with E-state index in [9.17, 15) is 21.6 Å². The fourth-order valence-electron chi connectivity index (χ4n) is 2.86. The number of rotatable bonds is 10. The third-order valence-electron chi connectivity index (χ3n) is 4.81. The zero-order valence-electron chi connectivity index (χ0n) is 18.9. The molecule has 3 aromatic rings. The molecule has 0 saturated heterocycles. The molecule has 3 rings (SSSR count). The molecular weight excluding hydrogens is 558 g/mol. The van der Waals surface area contributed by atoms with Crippen molar-refractivity contribution in [2.24, 2.45) is 0 Å². The van der Waals surface area contributed by atoms with Gasteiger partial charge in [-0.15, -0.1) is 0 Å². The summed E-state index contributed by atoms with van der Waals surface area (Å²) in [6.45, 7) is -0.0300. The van der Waals surface area contributed by atoms with Gasteiger partial charge in [-0.1, -0.05) is 28.1 Å². The minimum Gasteiger partial charge on any atom is -0.484 e. The highest BCUT2D eigenvalue weighted by Crippen LogP contribution is 2.20. The second-order valence-corrected chi connectivity index (χ2v) is 12.3. The summed E-state index contributed by atoms with van der Waals surface area (Å²) in [6.07, 6.45) is 1.14. The van der Waals surface area contributed by atoms with Gasteiger partial charge in [0.1, 0.15) is 5.75 Å². The first-order chi connectivity index (χ1) is 16.4. The molecule has 0 unspecified atom stereocenters. The number of nitrogens with zero attached hydrogens (tertiary/aromatic N) is 1. The predicted octanol–water partition coefficient (Wildman–Crippen LogP) is 3.66. The Morgan fingerprint density at radius 1 is 0.886 bits per heavy atom. The molecule has 186 valence electrons. The van der Waals surface area contributed by atoms with Gasteiger partial charge in [-0.3, -0.25) is 9.52 Å². The van der Waals surface area contributed by atoms with Crippen LogP contribution in [-0.2, 0) is 31.4 Å². The summed E-state index contributed by atoms with van der Waals surface area (Å²) < 4.78 is 58.1. The number of nitrogens with one attached hydrogen (secondary N) is 2. The van der Waals surface area contributed by atoms with Crippen LogP contribution in [0, 0.1) is 0 Å². The quantitative estimate of drug-likeness (QED) is 0.377. The van der Waals surface area contributed by atoms with Gasteiger partial charge in [-0.25, -0.2) is 21.1 Å². The van der Waals surface area contributed by atoms with E-state index in [0.29, 0.717) is 17.1 Å². The summed E-state index contributed by atoms with van der Waals surface area (Å²) in [6, 6.07) is 19.2. The summed E-state index contributed by atoms with van der Waals surface area (Å²) in [5.74, 6) is 0.0286. The number of hydrogen-bond donors (Lipinski definition) is 2. The van der Waals surface area contributed by atoms with Crippen molar-refractivity contribution >= 4 is 53.3 Å². The molecule has 12 heteroatoms. The third kappa shape index (κ3) is 8.06. The molecule has 0 aliphatic heterocycles. The van der Waals surface area contributed by atoms with Crippen molar-refractivity contribution in [1.29, 1.82) is 0 Å². The average molecular weight is 582 g/mol. The van der Waals surface area contributed by atoms with Gasteiger partial charge in [0.25, 0.3) is 15.9 Å². The van der Waals surface area contributed by atoms with Crippen LogP contribution in [0.15, 0.2) is 82.2 Å². The van der Waals surface area contributed by atoms with Crippen LogP contribution in [0.2, 0.25) is 0 Å². The second-order valence-electron chi connectivity index (χ2n) is 7.64. The lowest BCUT2D eigenvalue weighted by atomic mass is 10.2. The number of halogens is 1. The fraction of sp³-hybridized carbons (Fsp3) is 0.174. The van der Waals surface area contributed by atoms with Crippen LogP contribution in [-0.4, -0.2) is 47.0 Å². The van der Waals surface area contributed by atoms with Crippen molar-refractivity contribution in [2.45, 2.75) is 11.4 Å². The molecule has 0 radical (unpaired) electrons. The number of amides is 1. The summed E-state index contributed by atoms with van der Waals surface area (Å²) in [4.78, 5) is 12.3. The van der Waals surface area contributed by atoms with E-state index in [-0.39, 0.29) is 18.0 Å². The van der Waals surface area contributed by atoms with E-state index >= 15 is 0 Å². The molecule has 0 saturated carbocycles. The molecule has 2 N–H and O–H groups in total. The highest BCUT2D eigenvalue weighted by molar-refractivity contribution is 9.10. The van der Waals surface area contributed by atoms with Gasteiger partial charge in [-0.05, 0) is 66.2 Å². The van der Waals surface area contributed by atoms with Crippen LogP contribution in [0.3, 0.4) is 0 Å². The van der Waals surface area contributed by atoms with Gasteiger partial charge >= 0.3 is 0 Å². The molecule has 0 bridgehead atoms. The molecule has 0 aliphatic carbocycles. The topological polar surface area (TPSA) is 122 Å². The summed E-state index contributed by atoms with van der Waals surface area (Å²) in [7, 11) is -5.56. The van der Waals surface area contributed by atoms with Crippen LogP contribution in [0.5, 0.6) is 5.75 Å².